The highest BCUT2D eigenvalue weighted by atomic mass is 35.5. The van der Waals surface area contributed by atoms with Crippen LogP contribution in [0.4, 0.5) is 26.3 Å². The molecule has 0 aliphatic heterocycles. The average Bonchev–Trinajstić information content (AvgIpc) is 2.70. The summed E-state index contributed by atoms with van der Waals surface area (Å²) in [7, 11) is 0. The van der Waals surface area contributed by atoms with E-state index in [1.165, 1.54) is 0 Å². The molecule has 21 heavy (non-hydrogen) atoms. The first-order chi connectivity index (χ1) is 9.66. The summed E-state index contributed by atoms with van der Waals surface area (Å²) in [5, 5.41) is 2.46. The van der Waals surface area contributed by atoms with E-state index in [4.69, 9.17) is 23.2 Å². The molecule has 0 fully saturated rings. The Morgan fingerprint density at radius 3 is 2.10 bits per heavy atom. The Balaban J connectivity index is 2.71. The maximum atomic E-state index is 13.6. The lowest BCUT2D eigenvalue weighted by Crippen LogP contribution is -2.09. The number of hydrogen-bond donors (Lipinski definition) is 0. The number of hydrogen-bond acceptors (Lipinski definition) is 1. The van der Waals surface area contributed by atoms with Gasteiger partial charge in [0.2, 0.25) is 0 Å². The number of aromatic nitrogens is 2. The zero-order chi connectivity index (χ0) is 15.9. The smallest absolute Gasteiger partial charge is 0.218 e. The van der Waals surface area contributed by atoms with Crippen molar-refractivity contribution in [3.05, 3.63) is 46.0 Å². The van der Waals surface area contributed by atoms with Crippen LogP contribution in [0.25, 0.3) is 5.69 Å². The van der Waals surface area contributed by atoms with Gasteiger partial charge in [0.1, 0.15) is 10.8 Å². The molecule has 1 heterocycles. The van der Waals surface area contributed by atoms with Crippen LogP contribution in [0, 0.1) is 17.5 Å². The highest BCUT2D eigenvalue weighted by Gasteiger charge is 2.39. The van der Waals surface area contributed by atoms with Crippen molar-refractivity contribution in [2.45, 2.75) is 12.1 Å². The Labute approximate surface area is 123 Å². The van der Waals surface area contributed by atoms with Crippen molar-refractivity contribution in [2.75, 3.05) is 0 Å². The molecule has 1 aromatic carbocycles. The Hall–Kier alpha value is -1.41. The van der Waals surface area contributed by atoms with E-state index in [1.807, 2.05) is 0 Å². The molecule has 0 atom stereocenters. The summed E-state index contributed by atoms with van der Waals surface area (Å²) in [6.45, 7) is 0. The first kappa shape index (κ1) is 16.0. The van der Waals surface area contributed by atoms with Crippen molar-refractivity contribution in [3.63, 3.8) is 0 Å². The minimum absolute atomic E-state index is 0.177. The molecule has 1 aromatic heterocycles. The number of halogens is 8. The fourth-order valence-corrected chi connectivity index (χ4v) is 2.22. The summed E-state index contributed by atoms with van der Waals surface area (Å²) in [6.07, 6.45) is -4.88. The summed E-state index contributed by atoms with van der Waals surface area (Å²) in [5.41, 5.74) is -2.78. The lowest BCUT2D eigenvalue weighted by atomic mass is 10.2. The number of alkyl halides is 4. The van der Waals surface area contributed by atoms with Crippen LogP contribution in [0.5, 0.6) is 0 Å². The second kappa shape index (κ2) is 5.42. The Morgan fingerprint density at radius 1 is 1.05 bits per heavy atom. The third-order valence-electron chi connectivity index (χ3n) is 2.54. The normalized spacial score (nSPS) is 12.0. The van der Waals surface area contributed by atoms with E-state index in [-0.39, 0.29) is 6.07 Å². The van der Waals surface area contributed by atoms with Crippen molar-refractivity contribution >= 4 is 23.2 Å². The van der Waals surface area contributed by atoms with Gasteiger partial charge in [-0.1, -0.05) is 11.6 Å². The van der Waals surface area contributed by atoms with Gasteiger partial charge in [-0.2, -0.15) is 18.3 Å². The number of rotatable bonds is 2. The monoisotopic (exact) mass is 348 g/mol. The summed E-state index contributed by atoms with van der Waals surface area (Å²) in [4.78, 5) is 0. The molecule has 114 valence electrons. The molecule has 0 bridgehead atoms. The van der Waals surface area contributed by atoms with Crippen LogP contribution in [-0.4, -0.2) is 9.78 Å². The molecule has 0 saturated carbocycles. The van der Waals surface area contributed by atoms with Gasteiger partial charge in [0, 0.05) is 17.7 Å². The van der Waals surface area contributed by atoms with Crippen LogP contribution < -0.4 is 0 Å². The Bertz CT molecular complexity index is 695. The quantitative estimate of drug-likeness (QED) is 0.437. The van der Waals surface area contributed by atoms with Crippen molar-refractivity contribution in [3.8, 4) is 5.69 Å². The predicted molar refractivity (Wildman–Crippen MR) is 63.0 cm³/mol. The third kappa shape index (κ3) is 2.82. The molecule has 10 heteroatoms. The number of nitrogens with zero attached hydrogens (tertiary/aromatic N) is 2. The maximum absolute atomic E-state index is 13.6. The van der Waals surface area contributed by atoms with Crippen LogP contribution in [0.3, 0.4) is 0 Å². The van der Waals surface area contributed by atoms with Gasteiger partial charge in [-0.25, -0.2) is 17.9 Å². The van der Waals surface area contributed by atoms with E-state index in [0.717, 1.165) is 0 Å². The fourth-order valence-electron chi connectivity index (χ4n) is 1.61. The lowest BCUT2D eigenvalue weighted by Gasteiger charge is -2.06. The van der Waals surface area contributed by atoms with E-state index in [9.17, 15) is 26.3 Å². The van der Waals surface area contributed by atoms with Crippen LogP contribution >= 0.6 is 23.2 Å². The minimum Gasteiger partial charge on any atom is -0.218 e. The van der Waals surface area contributed by atoms with Gasteiger partial charge < -0.3 is 0 Å². The fraction of sp³-hybridized carbons (Fsp3) is 0.182. The molecule has 0 N–H and O–H groups in total. The zero-order valence-electron chi connectivity index (χ0n) is 9.78. The van der Waals surface area contributed by atoms with Crippen LogP contribution in [0.15, 0.2) is 12.1 Å². The number of benzene rings is 1. The molecule has 2 aromatic rings. The van der Waals surface area contributed by atoms with Crippen molar-refractivity contribution in [2.24, 2.45) is 0 Å². The van der Waals surface area contributed by atoms with Gasteiger partial charge in [-0.3, -0.25) is 0 Å². The Kier molecular flexibility index (Phi) is 4.12. The van der Waals surface area contributed by atoms with Crippen LogP contribution in [0.1, 0.15) is 11.3 Å². The SMILES string of the molecule is Fc1cc(F)c(-n2nc(C(F)(F)F)c(CCl)c2Cl)cc1F. The average molecular weight is 349 g/mol. The summed E-state index contributed by atoms with van der Waals surface area (Å²) < 4.78 is 78.2. The molecule has 0 aliphatic carbocycles. The van der Waals surface area contributed by atoms with Gasteiger partial charge in [0.05, 0.1) is 5.88 Å². The standard InChI is InChI=1S/C11H4Cl2F6N2/c12-3-4-9(11(17,18)19)20-21(10(4)13)8-2-6(15)5(14)1-7(8)16/h1-2H,3H2. The summed E-state index contributed by atoms with van der Waals surface area (Å²) in [5.74, 6) is -4.92. The molecule has 0 spiro atoms. The maximum Gasteiger partial charge on any atom is 0.435 e. The first-order valence-electron chi connectivity index (χ1n) is 5.22. The van der Waals surface area contributed by atoms with Gasteiger partial charge in [-0.05, 0) is 0 Å². The van der Waals surface area contributed by atoms with Crippen molar-refractivity contribution < 1.29 is 26.3 Å². The van der Waals surface area contributed by atoms with Crippen molar-refractivity contribution in [1.82, 2.24) is 9.78 Å². The van der Waals surface area contributed by atoms with Crippen LogP contribution in [-0.2, 0) is 12.1 Å². The van der Waals surface area contributed by atoms with Gasteiger partial charge in [-0.15, -0.1) is 11.6 Å². The van der Waals surface area contributed by atoms with Gasteiger partial charge in [0.15, 0.2) is 23.1 Å². The highest BCUT2D eigenvalue weighted by Crippen LogP contribution is 2.36. The van der Waals surface area contributed by atoms with Crippen molar-refractivity contribution in [1.29, 1.82) is 0 Å². The topological polar surface area (TPSA) is 17.8 Å². The van der Waals surface area contributed by atoms with Crippen LogP contribution in [0.2, 0.25) is 5.15 Å². The highest BCUT2D eigenvalue weighted by molar-refractivity contribution is 6.31. The molecule has 0 unspecified atom stereocenters. The van der Waals surface area contributed by atoms with E-state index >= 15 is 0 Å². The van der Waals surface area contributed by atoms with Gasteiger partial charge >= 0.3 is 6.18 Å². The van der Waals surface area contributed by atoms with E-state index < -0.39 is 51.6 Å². The first-order valence-corrected chi connectivity index (χ1v) is 6.13. The summed E-state index contributed by atoms with van der Waals surface area (Å²) >= 11 is 11.0. The van der Waals surface area contributed by atoms with E-state index in [1.54, 1.807) is 0 Å². The predicted octanol–water partition coefficient (Wildman–Crippen LogP) is 4.70. The molecule has 0 aliphatic rings. The minimum atomic E-state index is -4.88. The molecule has 2 rings (SSSR count). The third-order valence-corrected chi connectivity index (χ3v) is 3.20. The molecule has 0 radical (unpaired) electrons. The largest absolute Gasteiger partial charge is 0.435 e. The second-order valence-electron chi connectivity index (χ2n) is 3.88. The van der Waals surface area contributed by atoms with Gasteiger partial charge in [0.25, 0.3) is 0 Å². The lowest BCUT2D eigenvalue weighted by molar-refractivity contribution is -0.141. The zero-order valence-corrected chi connectivity index (χ0v) is 11.3. The molecule has 0 saturated heterocycles. The Morgan fingerprint density at radius 2 is 1.62 bits per heavy atom. The molecule has 2 nitrogen and oxygen atoms in total. The molecular weight excluding hydrogens is 345 g/mol. The molecular formula is C11H4Cl2F6N2. The van der Waals surface area contributed by atoms with E-state index in [0.29, 0.717) is 10.7 Å². The summed E-state index contributed by atoms with van der Waals surface area (Å²) in [6, 6.07) is 0.526. The second-order valence-corrected chi connectivity index (χ2v) is 4.50. The molecule has 0 amide bonds. The van der Waals surface area contributed by atoms with E-state index in [2.05, 4.69) is 5.10 Å².